The smallest absolute Gasteiger partial charge is 0.459 e. The van der Waals surface area contributed by atoms with Gasteiger partial charge in [-0.2, -0.15) is 6.16 Å². The van der Waals surface area contributed by atoms with Crippen LogP contribution < -0.4 is 18.9 Å². The van der Waals surface area contributed by atoms with Crippen LogP contribution in [0.5, 0.6) is 0 Å². The molecule has 0 spiro atoms. The first kappa shape index (κ1) is 20.9. The van der Waals surface area contributed by atoms with E-state index < -0.39 is 0 Å². The van der Waals surface area contributed by atoms with Crippen LogP contribution in [0, 0.1) is 32.1 Å². The molecule has 0 aromatic heterocycles. The summed E-state index contributed by atoms with van der Waals surface area (Å²) in [4.78, 5) is 12.5. The molecular weight excluding hydrogens is 270 g/mol. The maximum atomic E-state index is 12.5. The number of carbonyl (C=O) groups is 1. The van der Waals surface area contributed by atoms with Gasteiger partial charge in [0.25, 0.3) is 0 Å². The van der Waals surface area contributed by atoms with Crippen molar-refractivity contribution in [3.05, 3.63) is 34.4 Å². The second-order valence-corrected chi connectivity index (χ2v) is 8.38. The SMILES string of the molecule is Cc1cc(C)c(C(=O)[P-]CC(C)CC(C)(C)C)c(C)c1.[Li+]. The Labute approximate surface area is 144 Å². The van der Waals surface area contributed by atoms with Crippen LogP contribution in [0.25, 0.3) is 0 Å². The Bertz CT molecular complexity index is 465. The molecule has 1 unspecified atom stereocenters. The van der Waals surface area contributed by atoms with Crippen LogP contribution >= 0.6 is 8.58 Å². The van der Waals surface area contributed by atoms with E-state index in [4.69, 9.17) is 0 Å². The normalized spacial score (nSPS) is 13.3. The summed E-state index contributed by atoms with van der Waals surface area (Å²) in [5.41, 5.74) is 5.01. The van der Waals surface area contributed by atoms with Crippen molar-refractivity contribution >= 4 is 14.1 Å². The van der Waals surface area contributed by atoms with Crippen LogP contribution in [0.1, 0.15) is 61.2 Å². The fraction of sp³-hybridized carbons (Fsp3) is 0.611. The van der Waals surface area contributed by atoms with Crippen molar-refractivity contribution in [3.63, 3.8) is 0 Å². The Morgan fingerprint density at radius 2 is 1.62 bits per heavy atom. The van der Waals surface area contributed by atoms with E-state index >= 15 is 0 Å². The van der Waals surface area contributed by atoms with Crippen molar-refractivity contribution in [2.24, 2.45) is 11.3 Å². The van der Waals surface area contributed by atoms with Crippen molar-refractivity contribution in [3.8, 4) is 0 Å². The molecule has 0 amide bonds. The number of hydrogen-bond acceptors (Lipinski definition) is 1. The summed E-state index contributed by atoms with van der Waals surface area (Å²) in [7, 11) is 0.937. The molecule has 0 saturated carbocycles. The molecule has 0 fully saturated rings. The van der Waals surface area contributed by atoms with Gasteiger partial charge in [-0.15, -0.1) is 0 Å². The monoisotopic (exact) mass is 298 g/mol. The summed E-state index contributed by atoms with van der Waals surface area (Å²) in [6.07, 6.45) is 2.13. The Morgan fingerprint density at radius 3 is 2.05 bits per heavy atom. The largest absolute Gasteiger partial charge is 1.00 e. The summed E-state index contributed by atoms with van der Waals surface area (Å²) in [6.45, 7) is 15.2. The maximum Gasteiger partial charge on any atom is 1.00 e. The van der Waals surface area contributed by atoms with E-state index in [0.717, 1.165) is 31.4 Å². The average molecular weight is 298 g/mol. The quantitative estimate of drug-likeness (QED) is 0.603. The van der Waals surface area contributed by atoms with E-state index in [1.54, 1.807) is 0 Å². The molecule has 0 aliphatic rings. The zero-order valence-corrected chi connectivity index (χ0v) is 15.9. The van der Waals surface area contributed by atoms with Gasteiger partial charge in [-0.3, -0.25) is 0 Å². The third-order valence-electron chi connectivity index (χ3n) is 3.40. The zero-order chi connectivity index (χ0) is 15.5. The third-order valence-corrected chi connectivity index (χ3v) is 4.72. The minimum absolute atomic E-state index is 0. The van der Waals surface area contributed by atoms with Crippen LogP contribution in [0.3, 0.4) is 0 Å². The average Bonchev–Trinajstić information content (AvgIpc) is 2.22. The summed E-state index contributed by atoms with van der Waals surface area (Å²) >= 11 is 0. The van der Waals surface area contributed by atoms with Crippen LogP contribution in [0.15, 0.2) is 12.1 Å². The van der Waals surface area contributed by atoms with Gasteiger partial charge in [-0.05, 0) is 49.3 Å². The first-order valence-corrected chi connectivity index (χ1v) is 8.48. The number of carbonyl (C=O) groups excluding carboxylic acids is 1. The molecule has 1 nitrogen and oxygen atoms in total. The molecule has 0 radical (unpaired) electrons. The van der Waals surface area contributed by atoms with Crippen LogP contribution in [-0.2, 0) is 0 Å². The molecule has 1 aromatic rings. The molecule has 0 saturated heterocycles. The van der Waals surface area contributed by atoms with E-state index in [0.29, 0.717) is 11.3 Å². The predicted molar refractivity (Wildman–Crippen MR) is 90.0 cm³/mol. The van der Waals surface area contributed by atoms with Gasteiger partial charge < -0.3 is 13.4 Å². The summed E-state index contributed by atoms with van der Waals surface area (Å²) in [5, 5.41) is 0. The number of hydrogen-bond donors (Lipinski definition) is 0. The van der Waals surface area contributed by atoms with Gasteiger partial charge in [0.15, 0.2) is 0 Å². The van der Waals surface area contributed by atoms with E-state index in [1.165, 1.54) is 12.0 Å². The van der Waals surface area contributed by atoms with Gasteiger partial charge in [0.2, 0.25) is 0 Å². The van der Waals surface area contributed by atoms with Crippen molar-refractivity contribution in [1.82, 2.24) is 0 Å². The Hall–Kier alpha value is -0.0826. The molecule has 21 heavy (non-hydrogen) atoms. The first-order valence-electron chi connectivity index (χ1n) is 7.40. The molecule has 0 aliphatic carbocycles. The molecule has 0 aliphatic heterocycles. The van der Waals surface area contributed by atoms with Gasteiger partial charge in [0.1, 0.15) is 0 Å². The van der Waals surface area contributed by atoms with Gasteiger partial charge in [-0.25, -0.2) is 0 Å². The number of aryl methyl sites for hydroxylation is 3. The Kier molecular flexibility index (Phi) is 8.49. The number of benzene rings is 1. The van der Waals surface area contributed by atoms with Crippen LogP contribution in [0.4, 0.5) is 0 Å². The molecule has 0 N–H and O–H groups in total. The molecule has 112 valence electrons. The summed E-state index contributed by atoms with van der Waals surface area (Å²) in [5.74, 6) is 0.590. The van der Waals surface area contributed by atoms with Crippen molar-refractivity contribution < 1.29 is 23.7 Å². The molecule has 0 heterocycles. The summed E-state index contributed by atoms with van der Waals surface area (Å²) in [6, 6.07) is 4.21. The minimum Gasteiger partial charge on any atom is -0.459 e. The topological polar surface area (TPSA) is 17.1 Å². The van der Waals surface area contributed by atoms with E-state index in [9.17, 15) is 4.79 Å². The Morgan fingerprint density at radius 1 is 1.14 bits per heavy atom. The fourth-order valence-electron chi connectivity index (χ4n) is 2.95. The fourth-order valence-corrected chi connectivity index (χ4v) is 4.06. The van der Waals surface area contributed by atoms with E-state index in [2.05, 4.69) is 46.8 Å². The molecule has 0 bridgehead atoms. The molecule has 3 heteroatoms. The second-order valence-electron chi connectivity index (χ2n) is 7.29. The van der Waals surface area contributed by atoms with Crippen molar-refractivity contribution in [1.29, 1.82) is 0 Å². The Balaban J connectivity index is 0.00000400. The van der Waals surface area contributed by atoms with Crippen molar-refractivity contribution in [2.75, 3.05) is 6.16 Å². The molecule has 1 rings (SSSR count). The van der Waals surface area contributed by atoms with Gasteiger partial charge in [0, 0.05) is 5.52 Å². The second kappa shape index (κ2) is 8.52. The number of rotatable bonds is 5. The van der Waals surface area contributed by atoms with Crippen molar-refractivity contribution in [2.45, 2.75) is 54.9 Å². The predicted octanol–water partition coefficient (Wildman–Crippen LogP) is 2.77. The van der Waals surface area contributed by atoms with Crippen LogP contribution in [-0.4, -0.2) is 11.7 Å². The summed E-state index contributed by atoms with van der Waals surface area (Å²) < 4.78 is 0. The first-order chi connectivity index (χ1) is 9.10. The van der Waals surface area contributed by atoms with E-state index in [-0.39, 0.29) is 24.4 Å². The molecule has 1 aromatic carbocycles. The maximum absolute atomic E-state index is 12.5. The zero-order valence-electron chi connectivity index (χ0n) is 15.0. The van der Waals surface area contributed by atoms with Crippen LogP contribution in [0.2, 0.25) is 0 Å². The van der Waals surface area contributed by atoms with E-state index in [1.807, 2.05) is 13.8 Å². The van der Waals surface area contributed by atoms with Gasteiger partial charge in [0.05, 0.1) is 0 Å². The van der Waals surface area contributed by atoms with Gasteiger partial charge in [-0.1, -0.05) is 51.3 Å². The van der Waals surface area contributed by atoms with Gasteiger partial charge >= 0.3 is 18.9 Å². The minimum atomic E-state index is 0. The standard InChI is InChI=1S/C18H28OP.Li/c1-12-8-14(3)16(15(4)9-12)17(19)20-11-13(2)10-18(5,6)7;/h8-9,13H,10-11H2,1-7H3;/q-1;+1. The third kappa shape index (κ3) is 7.14. The molecule has 1 atom stereocenters. The molecular formula is C18H28LiOP.